The van der Waals surface area contributed by atoms with Gasteiger partial charge in [0.2, 0.25) is 0 Å². The zero-order valence-electron chi connectivity index (χ0n) is 8.53. The molecule has 0 spiro atoms. The highest BCUT2D eigenvalue weighted by Gasteiger charge is 2.16. The summed E-state index contributed by atoms with van der Waals surface area (Å²) in [4.78, 5) is 4.41. The lowest BCUT2D eigenvalue weighted by atomic mass is 9.93. The van der Waals surface area contributed by atoms with Gasteiger partial charge in [-0.15, -0.1) is 11.3 Å². The summed E-state index contributed by atoms with van der Waals surface area (Å²) >= 11 is 1.55. The Morgan fingerprint density at radius 2 is 2.36 bits per heavy atom. The second kappa shape index (κ2) is 5.08. The van der Waals surface area contributed by atoms with Crippen molar-refractivity contribution < 1.29 is 0 Å². The monoisotopic (exact) mass is 209 g/mol. The van der Waals surface area contributed by atoms with Crippen molar-refractivity contribution in [2.24, 2.45) is 11.7 Å². The van der Waals surface area contributed by atoms with Crippen molar-refractivity contribution in [3.05, 3.63) is 16.1 Å². The molecule has 0 saturated carbocycles. The Labute approximate surface area is 88.6 Å². The largest absolute Gasteiger partial charge is 0.330 e. The molecule has 0 fully saturated rings. The second-order valence-electron chi connectivity index (χ2n) is 3.59. The number of nitriles is 1. The van der Waals surface area contributed by atoms with E-state index in [4.69, 9.17) is 11.0 Å². The van der Waals surface area contributed by atoms with Crippen molar-refractivity contribution in [2.75, 3.05) is 6.54 Å². The van der Waals surface area contributed by atoms with Crippen molar-refractivity contribution in [1.29, 1.82) is 5.26 Å². The Morgan fingerprint density at radius 1 is 1.64 bits per heavy atom. The third-order valence-corrected chi connectivity index (χ3v) is 3.11. The SMILES string of the molecule is CC(C)C(CN)c1csc(CC#N)n1. The van der Waals surface area contributed by atoms with Crippen LogP contribution in [0.2, 0.25) is 0 Å². The van der Waals surface area contributed by atoms with Crippen molar-refractivity contribution in [3.63, 3.8) is 0 Å². The summed E-state index contributed by atoms with van der Waals surface area (Å²) < 4.78 is 0. The maximum absolute atomic E-state index is 8.53. The number of aromatic nitrogens is 1. The minimum absolute atomic E-state index is 0.318. The van der Waals surface area contributed by atoms with Crippen LogP contribution in [0.5, 0.6) is 0 Å². The summed E-state index contributed by atoms with van der Waals surface area (Å²) in [5.41, 5.74) is 6.73. The average molecular weight is 209 g/mol. The lowest BCUT2D eigenvalue weighted by molar-refractivity contribution is 0.497. The predicted octanol–water partition coefficient (Wildman–Crippen LogP) is 1.91. The Kier molecular flexibility index (Phi) is 4.05. The number of rotatable bonds is 4. The fourth-order valence-electron chi connectivity index (χ4n) is 1.38. The lowest BCUT2D eigenvalue weighted by Crippen LogP contribution is -2.18. The highest BCUT2D eigenvalue weighted by atomic mass is 32.1. The minimum atomic E-state index is 0.318. The number of hydrogen-bond acceptors (Lipinski definition) is 4. The number of nitrogens with two attached hydrogens (primary N) is 1. The number of nitrogens with zero attached hydrogens (tertiary/aromatic N) is 2. The van der Waals surface area contributed by atoms with Crippen molar-refractivity contribution in [1.82, 2.24) is 4.98 Å². The van der Waals surface area contributed by atoms with Gasteiger partial charge in [-0.05, 0) is 5.92 Å². The molecule has 3 nitrogen and oxygen atoms in total. The van der Waals surface area contributed by atoms with Crippen LogP contribution in [-0.4, -0.2) is 11.5 Å². The van der Waals surface area contributed by atoms with E-state index >= 15 is 0 Å². The summed E-state index contributed by atoms with van der Waals surface area (Å²) in [7, 11) is 0. The van der Waals surface area contributed by atoms with Crippen LogP contribution in [0.4, 0.5) is 0 Å². The Bertz CT molecular complexity index is 324. The molecule has 0 radical (unpaired) electrons. The van der Waals surface area contributed by atoms with Crippen LogP contribution in [-0.2, 0) is 6.42 Å². The van der Waals surface area contributed by atoms with E-state index in [0.717, 1.165) is 10.7 Å². The van der Waals surface area contributed by atoms with Crippen LogP contribution in [0, 0.1) is 17.2 Å². The number of hydrogen-bond donors (Lipinski definition) is 1. The van der Waals surface area contributed by atoms with E-state index in [1.807, 2.05) is 5.38 Å². The molecule has 14 heavy (non-hydrogen) atoms. The first-order valence-electron chi connectivity index (χ1n) is 4.70. The van der Waals surface area contributed by atoms with Crippen molar-refractivity contribution in [2.45, 2.75) is 26.2 Å². The van der Waals surface area contributed by atoms with Crippen molar-refractivity contribution >= 4 is 11.3 Å². The molecule has 0 aliphatic carbocycles. The van der Waals surface area contributed by atoms with Gasteiger partial charge in [0.25, 0.3) is 0 Å². The van der Waals surface area contributed by atoms with E-state index in [9.17, 15) is 0 Å². The van der Waals surface area contributed by atoms with E-state index in [0.29, 0.717) is 24.8 Å². The Hall–Kier alpha value is -0.920. The molecular weight excluding hydrogens is 194 g/mol. The van der Waals surface area contributed by atoms with Crippen molar-refractivity contribution in [3.8, 4) is 6.07 Å². The summed E-state index contributed by atoms with van der Waals surface area (Å²) in [6, 6.07) is 2.10. The highest BCUT2D eigenvalue weighted by Crippen LogP contribution is 2.24. The molecule has 4 heteroatoms. The summed E-state index contributed by atoms with van der Waals surface area (Å²) in [5, 5.41) is 11.4. The van der Waals surface area contributed by atoms with E-state index < -0.39 is 0 Å². The fourth-order valence-corrected chi connectivity index (χ4v) is 2.17. The normalized spacial score (nSPS) is 12.8. The fraction of sp³-hybridized carbons (Fsp3) is 0.600. The van der Waals surface area contributed by atoms with Crippen LogP contribution in [0.15, 0.2) is 5.38 Å². The molecule has 0 bridgehead atoms. The van der Waals surface area contributed by atoms with Gasteiger partial charge in [0.05, 0.1) is 18.2 Å². The van der Waals surface area contributed by atoms with Crippen LogP contribution >= 0.6 is 11.3 Å². The van der Waals surface area contributed by atoms with Gasteiger partial charge in [-0.3, -0.25) is 0 Å². The molecule has 1 aromatic rings. The summed E-state index contributed by atoms with van der Waals surface area (Å²) in [5.74, 6) is 0.815. The Morgan fingerprint density at radius 3 is 2.86 bits per heavy atom. The molecular formula is C10H15N3S. The molecule has 1 aromatic heterocycles. The highest BCUT2D eigenvalue weighted by molar-refractivity contribution is 7.09. The third-order valence-electron chi connectivity index (χ3n) is 2.24. The van der Waals surface area contributed by atoms with Crippen LogP contribution < -0.4 is 5.73 Å². The molecule has 1 unspecified atom stereocenters. The van der Waals surface area contributed by atoms with Gasteiger partial charge < -0.3 is 5.73 Å². The molecule has 0 aliphatic heterocycles. The quantitative estimate of drug-likeness (QED) is 0.823. The smallest absolute Gasteiger partial charge is 0.107 e. The molecule has 1 rings (SSSR count). The topological polar surface area (TPSA) is 62.7 Å². The standard InChI is InChI=1S/C10H15N3S/c1-7(2)8(5-12)9-6-14-10(13-9)3-4-11/h6-8H,3,5,12H2,1-2H3. The maximum Gasteiger partial charge on any atom is 0.107 e. The van der Waals surface area contributed by atoms with Gasteiger partial charge >= 0.3 is 0 Å². The Balaban J connectivity index is 2.79. The maximum atomic E-state index is 8.53. The van der Waals surface area contributed by atoms with Crippen LogP contribution in [0.1, 0.15) is 30.5 Å². The van der Waals surface area contributed by atoms with Crippen LogP contribution in [0.25, 0.3) is 0 Å². The zero-order valence-corrected chi connectivity index (χ0v) is 9.34. The van der Waals surface area contributed by atoms with Gasteiger partial charge in [0, 0.05) is 17.8 Å². The molecule has 0 aliphatic rings. The minimum Gasteiger partial charge on any atom is -0.330 e. The molecule has 1 heterocycles. The molecule has 2 N–H and O–H groups in total. The van der Waals surface area contributed by atoms with E-state index in [-0.39, 0.29) is 0 Å². The molecule has 76 valence electrons. The number of thiazole rings is 1. The van der Waals surface area contributed by atoms with Gasteiger partial charge in [0.15, 0.2) is 0 Å². The van der Waals surface area contributed by atoms with E-state index in [1.165, 1.54) is 0 Å². The molecule has 0 amide bonds. The summed E-state index contributed by atoms with van der Waals surface area (Å²) in [6.45, 7) is 4.90. The lowest BCUT2D eigenvalue weighted by Gasteiger charge is -2.15. The molecule has 1 atom stereocenters. The van der Waals surface area contributed by atoms with Gasteiger partial charge in [0.1, 0.15) is 5.01 Å². The second-order valence-corrected chi connectivity index (χ2v) is 4.53. The van der Waals surface area contributed by atoms with Gasteiger partial charge in [-0.1, -0.05) is 13.8 Å². The average Bonchev–Trinajstić information content (AvgIpc) is 2.54. The van der Waals surface area contributed by atoms with E-state index in [2.05, 4.69) is 24.9 Å². The van der Waals surface area contributed by atoms with E-state index in [1.54, 1.807) is 11.3 Å². The zero-order chi connectivity index (χ0) is 10.6. The first-order chi connectivity index (χ1) is 6.69. The molecule has 0 saturated heterocycles. The predicted molar refractivity (Wildman–Crippen MR) is 58.1 cm³/mol. The first kappa shape index (κ1) is 11.2. The first-order valence-corrected chi connectivity index (χ1v) is 5.58. The van der Waals surface area contributed by atoms with Gasteiger partial charge in [-0.2, -0.15) is 5.26 Å². The van der Waals surface area contributed by atoms with Crippen LogP contribution in [0.3, 0.4) is 0 Å². The molecule has 0 aromatic carbocycles. The third kappa shape index (κ3) is 2.53. The van der Waals surface area contributed by atoms with Gasteiger partial charge in [-0.25, -0.2) is 4.98 Å². The summed E-state index contributed by atoms with van der Waals surface area (Å²) in [6.07, 6.45) is 0.403.